The zero-order valence-corrected chi connectivity index (χ0v) is 13.2. The van der Waals surface area contributed by atoms with Gasteiger partial charge in [-0.25, -0.2) is 0 Å². The van der Waals surface area contributed by atoms with Crippen molar-refractivity contribution < 1.29 is 9.53 Å². The number of rotatable bonds is 4. The second kappa shape index (κ2) is 7.15. The molecule has 23 heavy (non-hydrogen) atoms. The lowest BCUT2D eigenvalue weighted by Crippen LogP contribution is -2.43. The van der Waals surface area contributed by atoms with E-state index in [4.69, 9.17) is 4.74 Å². The largest absolute Gasteiger partial charge is 0.497 e. The number of nitrogens with zero attached hydrogens (tertiary/aromatic N) is 1. The lowest BCUT2D eigenvalue weighted by Gasteiger charge is -2.29. The molecule has 1 heterocycles. The quantitative estimate of drug-likeness (QED) is 0.910. The van der Waals surface area contributed by atoms with Crippen molar-refractivity contribution in [3.05, 3.63) is 54.1 Å². The third-order valence-corrected chi connectivity index (χ3v) is 3.96. The zero-order chi connectivity index (χ0) is 16.1. The first kappa shape index (κ1) is 15.4. The van der Waals surface area contributed by atoms with Crippen molar-refractivity contribution >= 4 is 17.3 Å². The van der Waals surface area contributed by atoms with E-state index in [0.717, 1.165) is 37.6 Å². The number of methoxy groups -OCH3 is 1. The van der Waals surface area contributed by atoms with Gasteiger partial charge in [0.1, 0.15) is 5.75 Å². The Morgan fingerprint density at radius 2 is 1.70 bits per heavy atom. The number of piperazine rings is 1. The smallest absolute Gasteiger partial charge is 0.255 e. The van der Waals surface area contributed by atoms with Gasteiger partial charge in [-0.15, -0.1) is 0 Å². The van der Waals surface area contributed by atoms with E-state index in [1.807, 2.05) is 12.1 Å². The number of hydrogen-bond acceptors (Lipinski definition) is 4. The van der Waals surface area contributed by atoms with Crippen LogP contribution in [0.4, 0.5) is 11.4 Å². The molecule has 0 unspecified atom stereocenters. The number of carbonyl (C=O) groups is 1. The Hall–Kier alpha value is -2.53. The standard InChI is InChI=1S/C18H21N3O2/c1-23-17-8-2-14(3-9-17)18(22)20-15-4-6-16(7-5-15)21-12-10-19-11-13-21/h2-9,19H,10-13H2,1H3,(H,20,22). The minimum atomic E-state index is -0.123. The normalized spacial score (nSPS) is 14.4. The molecular formula is C18H21N3O2. The molecule has 0 spiro atoms. The second-order valence-corrected chi connectivity index (χ2v) is 5.47. The Bertz CT molecular complexity index is 647. The molecule has 1 aliphatic rings. The highest BCUT2D eigenvalue weighted by Crippen LogP contribution is 2.19. The Kier molecular flexibility index (Phi) is 4.78. The predicted octanol–water partition coefficient (Wildman–Crippen LogP) is 2.36. The highest BCUT2D eigenvalue weighted by molar-refractivity contribution is 6.04. The van der Waals surface area contributed by atoms with Crippen molar-refractivity contribution in [2.75, 3.05) is 43.5 Å². The van der Waals surface area contributed by atoms with Crippen LogP contribution in [-0.2, 0) is 0 Å². The van der Waals surface area contributed by atoms with Gasteiger partial charge in [-0.05, 0) is 48.5 Å². The SMILES string of the molecule is COc1ccc(C(=O)Nc2ccc(N3CCNCC3)cc2)cc1. The molecule has 0 bridgehead atoms. The van der Waals surface area contributed by atoms with Crippen LogP contribution in [0.25, 0.3) is 0 Å². The molecular weight excluding hydrogens is 290 g/mol. The van der Waals surface area contributed by atoms with Gasteiger partial charge in [-0.2, -0.15) is 0 Å². The monoisotopic (exact) mass is 311 g/mol. The fourth-order valence-corrected chi connectivity index (χ4v) is 2.62. The molecule has 0 atom stereocenters. The third-order valence-electron chi connectivity index (χ3n) is 3.96. The number of hydrogen-bond donors (Lipinski definition) is 2. The van der Waals surface area contributed by atoms with Crippen molar-refractivity contribution in [2.45, 2.75) is 0 Å². The summed E-state index contributed by atoms with van der Waals surface area (Å²) >= 11 is 0. The van der Waals surface area contributed by atoms with E-state index in [0.29, 0.717) is 5.56 Å². The van der Waals surface area contributed by atoms with Gasteiger partial charge in [0.15, 0.2) is 0 Å². The molecule has 2 aromatic rings. The van der Waals surface area contributed by atoms with Crippen molar-refractivity contribution in [3.63, 3.8) is 0 Å². The minimum Gasteiger partial charge on any atom is -0.497 e. The lowest BCUT2D eigenvalue weighted by atomic mass is 10.2. The third kappa shape index (κ3) is 3.81. The number of benzene rings is 2. The van der Waals surface area contributed by atoms with Crippen LogP contribution in [0.5, 0.6) is 5.75 Å². The number of carbonyl (C=O) groups excluding carboxylic acids is 1. The summed E-state index contributed by atoms with van der Waals surface area (Å²) in [6.45, 7) is 4.04. The summed E-state index contributed by atoms with van der Waals surface area (Å²) in [5.74, 6) is 0.615. The number of anilines is 2. The van der Waals surface area contributed by atoms with E-state index >= 15 is 0 Å². The Morgan fingerprint density at radius 1 is 1.04 bits per heavy atom. The van der Waals surface area contributed by atoms with Crippen molar-refractivity contribution in [2.24, 2.45) is 0 Å². The summed E-state index contributed by atoms with van der Waals surface area (Å²) in [7, 11) is 1.61. The van der Waals surface area contributed by atoms with E-state index in [1.165, 1.54) is 5.69 Å². The molecule has 1 amide bonds. The summed E-state index contributed by atoms with van der Waals surface area (Å²) in [6, 6.07) is 15.1. The first-order valence-corrected chi connectivity index (χ1v) is 7.77. The van der Waals surface area contributed by atoms with Crippen LogP contribution >= 0.6 is 0 Å². The summed E-state index contributed by atoms with van der Waals surface area (Å²) in [5, 5.41) is 6.26. The fourth-order valence-electron chi connectivity index (χ4n) is 2.62. The Balaban J connectivity index is 1.63. The van der Waals surface area contributed by atoms with E-state index < -0.39 is 0 Å². The van der Waals surface area contributed by atoms with Crippen molar-refractivity contribution in [1.29, 1.82) is 0 Å². The van der Waals surface area contributed by atoms with Gasteiger partial charge < -0.3 is 20.3 Å². The van der Waals surface area contributed by atoms with Crippen LogP contribution in [0.15, 0.2) is 48.5 Å². The first-order valence-electron chi connectivity index (χ1n) is 7.77. The van der Waals surface area contributed by atoms with Crippen LogP contribution < -0.4 is 20.3 Å². The zero-order valence-electron chi connectivity index (χ0n) is 13.2. The molecule has 0 aromatic heterocycles. The van der Waals surface area contributed by atoms with Gasteiger partial charge in [0.05, 0.1) is 7.11 Å². The summed E-state index contributed by atoms with van der Waals surface area (Å²) in [4.78, 5) is 14.6. The molecule has 1 aliphatic heterocycles. The number of amides is 1. The van der Waals surface area contributed by atoms with Crippen LogP contribution in [-0.4, -0.2) is 39.2 Å². The van der Waals surface area contributed by atoms with Gasteiger partial charge in [-0.1, -0.05) is 0 Å². The summed E-state index contributed by atoms with van der Waals surface area (Å²) in [5.41, 5.74) is 2.59. The van der Waals surface area contributed by atoms with Crippen molar-refractivity contribution in [3.8, 4) is 5.75 Å². The average Bonchev–Trinajstić information content (AvgIpc) is 2.63. The molecule has 0 aliphatic carbocycles. The van der Waals surface area contributed by atoms with E-state index in [1.54, 1.807) is 31.4 Å². The molecule has 3 rings (SSSR count). The molecule has 0 saturated carbocycles. The molecule has 1 saturated heterocycles. The minimum absolute atomic E-state index is 0.123. The summed E-state index contributed by atoms with van der Waals surface area (Å²) < 4.78 is 5.10. The van der Waals surface area contributed by atoms with E-state index in [-0.39, 0.29) is 5.91 Å². The molecule has 0 radical (unpaired) electrons. The number of nitrogens with one attached hydrogen (secondary N) is 2. The maximum atomic E-state index is 12.2. The van der Waals surface area contributed by atoms with E-state index in [2.05, 4.69) is 27.7 Å². The second-order valence-electron chi connectivity index (χ2n) is 5.47. The average molecular weight is 311 g/mol. The Morgan fingerprint density at radius 3 is 2.30 bits per heavy atom. The first-order chi connectivity index (χ1) is 11.3. The van der Waals surface area contributed by atoms with E-state index in [9.17, 15) is 4.79 Å². The molecule has 2 N–H and O–H groups in total. The van der Waals surface area contributed by atoms with Gasteiger partial charge in [-0.3, -0.25) is 4.79 Å². The number of ether oxygens (including phenoxy) is 1. The predicted molar refractivity (Wildman–Crippen MR) is 92.5 cm³/mol. The molecule has 1 fully saturated rings. The maximum Gasteiger partial charge on any atom is 0.255 e. The van der Waals surface area contributed by atoms with Gasteiger partial charge in [0.2, 0.25) is 0 Å². The lowest BCUT2D eigenvalue weighted by molar-refractivity contribution is 0.102. The maximum absolute atomic E-state index is 12.2. The van der Waals surface area contributed by atoms with Gasteiger partial charge >= 0.3 is 0 Å². The van der Waals surface area contributed by atoms with Gasteiger partial charge in [0, 0.05) is 43.1 Å². The molecule has 5 nitrogen and oxygen atoms in total. The fraction of sp³-hybridized carbons (Fsp3) is 0.278. The van der Waals surface area contributed by atoms with Crippen LogP contribution in [0, 0.1) is 0 Å². The van der Waals surface area contributed by atoms with Crippen LogP contribution in [0.1, 0.15) is 10.4 Å². The molecule has 5 heteroatoms. The van der Waals surface area contributed by atoms with Gasteiger partial charge in [0.25, 0.3) is 5.91 Å². The topological polar surface area (TPSA) is 53.6 Å². The van der Waals surface area contributed by atoms with Crippen LogP contribution in [0.3, 0.4) is 0 Å². The summed E-state index contributed by atoms with van der Waals surface area (Å²) in [6.07, 6.45) is 0. The Labute approximate surface area is 136 Å². The highest BCUT2D eigenvalue weighted by atomic mass is 16.5. The molecule has 2 aromatic carbocycles. The highest BCUT2D eigenvalue weighted by Gasteiger charge is 2.11. The van der Waals surface area contributed by atoms with Crippen molar-refractivity contribution in [1.82, 2.24) is 5.32 Å². The van der Waals surface area contributed by atoms with Crippen LogP contribution in [0.2, 0.25) is 0 Å². The molecule has 120 valence electrons.